The fourth-order valence-corrected chi connectivity index (χ4v) is 3.24. The molecule has 0 saturated carbocycles. The Morgan fingerprint density at radius 2 is 2.00 bits per heavy atom. The smallest absolute Gasteiger partial charge is 0.0969 e. The topological polar surface area (TPSA) is 66.2 Å². The number of nitrogens with one attached hydrogen (secondary N) is 1. The molecule has 1 aromatic heterocycles. The summed E-state index contributed by atoms with van der Waals surface area (Å²) in [5.74, 6) is 0.708. The van der Waals surface area contributed by atoms with Gasteiger partial charge in [-0.05, 0) is 57.5 Å². The van der Waals surface area contributed by atoms with Crippen LogP contribution in [0.1, 0.15) is 25.5 Å². The van der Waals surface area contributed by atoms with E-state index in [4.69, 9.17) is 0 Å². The second-order valence-electron chi connectivity index (χ2n) is 6.71. The predicted octanol–water partition coefficient (Wildman–Crippen LogP) is 1.45. The average Bonchev–Trinajstić information content (AvgIpc) is 3.06. The number of aromatic nitrogens is 3. The third-order valence-electron chi connectivity index (χ3n) is 4.53. The highest BCUT2D eigenvalue weighted by atomic mass is 16.3. The molecule has 6 nitrogen and oxygen atoms in total. The maximum atomic E-state index is 9.45. The Bertz CT molecular complexity index is 605. The zero-order valence-corrected chi connectivity index (χ0v) is 14.3. The highest BCUT2D eigenvalue weighted by Gasteiger charge is 2.19. The van der Waals surface area contributed by atoms with Crippen molar-refractivity contribution in [1.82, 2.24) is 25.2 Å². The van der Waals surface area contributed by atoms with Gasteiger partial charge in [0.2, 0.25) is 0 Å². The Morgan fingerprint density at radius 3 is 2.71 bits per heavy atom. The molecule has 0 unspecified atom stereocenters. The van der Waals surface area contributed by atoms with Crippen molar-refractivity contribution in [2.24, 2.45) is 5.92 Å². The van der Waals surface area contributed by atoms with Crippen LogP contribution in [0.4, 0.5) is 0 Å². The van der Waals surface area contributed by atoms with Gasteiger partial charge in [-0.3, -0.25) is 0 Å². The standard InChI is InChI=1S/C18H27N5O/c1-15(24)13-22-9-7-16(8-10-22)11-19-12-17-14-23(21-20-17)18-5-3-2-4-6-18/h2-6,14-16,19,24H,7-13H2,1H3/t15-/m0/s1. The lowest BCUT2D eigenvalue weighted by atomic mass is 9.96. The second kappa shape index (κ2) is 8.37. The van der Waals surface area contributed by atoms with Crippen molar-refractivity contribution in [2.75, 3.05) is 26.2 Å². The van der Waals surface area contributed by atoms with E-state index in [0.29, 0.717) is 5.92 Å². The molecule has 1 atom stereocenters. The fraction of sp³-hybridized carbons (Fsp3) is 0.556. The number of hydrogen-bond acceptors (Lipinski definition) is 5. The van der Waals surface area contributed by atoms with Crippen LogP contribution in [0.25, 0.3) is 5.69 Å². The lowest BCUT2D eigenvalue weighted by Gasteiger charge is -2.32. The van der Waals surface area contributed by atoms with Crippen LogP contribution in [0.3, 0.4) is 0 Å². The summed E-state index contributed by atoms with van der Waals surface area (Å²) in [4.78, 5) is 2.35. The van der Waals surface area contributed by atoms with E-state index in [1.54, 1.807) is 0 Å². The summed E-state index contributed by atoms with van der Waals surface area (Å²) in [6.45, 7) is 6.59. The third-order valence-corrected chi connectivity index (χ3v) is 4.53. The van der Waals surface area contributed by atoms with Gasteiger partial charge in [-0.25, -0.2) is 4.68 Å². The molecule has 0 amide bonds. The molecule has 24 heavy (non-hydrogen) atoms. The highest BCUT2D eigenvalue weighted by molar-refractivity contribution is 5.29. The molecule has 0 bridgehead atoms. The number of piperidine rings is 1. The number of aliphatic hydroxyl groups excluding tert-OH is 1. The first-order valence-corrected chi connectivity index (χ1v) is 8.78. The second-order valence-corrected chi connectivity index (χ2v) is 6.71. The van der Waals surface area contributed by atoms with E-state index in [-0.39, 0.29) is 6.10 Å². The highest BCUT2D eigenvalue weighted by Crippen LogP contribution is 2.16. The lowest BCUT2D eigenvalue weighted by Crippen LogP contribution is -2.40. The molecule has 0 spiro atoms. The van der Waals surface area contributed by atoms with Crippen molar-refractivity contribution in [3.63, 3.8) is 0 Å². The summed E-state index contributed by atoms with van der Waals surface area (Å²) in [7, 11) is 0. The number of hydrogen-bond donors (Lipinski definition) is 2. The number of nitrogens with zero attached hydrogens (tertiary/aromatic N) is 4. The number of rotatable bonds is 7. The van der Waals surface area contributed by atoms with Gasteiger partial charge in [0.15, 0.2) is 0 Å². The van der Waals surface area contributed by atoms with Crippen LogP contribution in [0.2, 0.25) is 0 Å². The number of β-amino-alcohol motifs (C(OH)–C–C–N with tert-alkyl or cyclic N) is 1. The van der Waals surface area contributed by atoms with Crippen molar-refractivity contribution in [3.05, 3.63) is 42.2 Å². The summed E-state index contributed by atoms with van der Waals surface area (Å²) in [6, 6.07) is 10.0. The minimum absolute atomic E-state index is 0.230. The molecule has 6 heteroatoms. The van der Waals surface area contributed by atoms with Crippen LogP contribution < -0.4 is 5.32 Å². The molecule has 2 N–H and O–H groups in total. The molecule has 3 rings (SSSR count). The van der Waals surface area contributed by atoms with E-state index < -0.39 is 0 Å². The van der Waals surface area contributed by atoms with Crippen LogP contribution in [-0.4, -0.2) is 57.3 Å². The molecule has 0 radical (unpaired) electrons. The summed E-state index contributed by atoms with van der Waals surface area (Å²) in [5.41, 5.74) is 1.99. The summed E-state index contributed by atoms with van der Waals surface area (Å²) in [6.07, 6.45) is 4.13. The van der Waals surface area contributed by atoms with E-state index in [1.165, 1.54) is 12.8 Å². The molecular weight excluding hydrogens is 302 g/mol. The minimum atomic E-state index is -0.230. The minimum Gasteiger partial charge on any atom is -0.392 e. The van der Waals surface area contributed by atoms with Gasteiger partial charge < -0.3 is 15.3 Å². The van der Waals surface area contributed by atoms with Crippen molar-refractivity contribution < 1.29 is 5.11 Å². The van der Waals surface area contributed by atoms with E-state index in [2.05, 4.69) is 20.5 Å². The van der Waals surface area contributed by atoms with Crippen molar-refractivity contribution in [1.29, 1.82) is 0 Å². The van der Waals surface area contributed by atoms with Crippen LogP contribution >= 0.6 is 0 Å². The molecular formula is C18H27N5O. The number of benzene rings is 1. The quantitative estimate of drug-likeness (QED) is 0.805. The van der Waals surface area contributed by atoms with Crippen molar-refractivity contribution in [3.8, 4) is 5.69 Å². The maximum absolute atomic E-state index is 9.45. The SMILES string of the molecule is C[C@H](O)CN1CCC(CNCc2cn(-c3ccccc3)nn2)CC1. The fourth-order valence-electron chi connectivity index (χ4n) is 3.24. The van der Waals surface area contributed by atoms with Gasteiger partial charge in [0.25, 0.3) is 0 Å². The maximum Gasteiger partial charge on any atom is 0.0969 e. The monoisotopic (exact) mass is 329 g/mol. The first-order valence-electron chi connectivity index (χ1n) is 8.78. The summed E-state index contributed by atoms with van der Waals surface area (Å²) < 4.78 is 1.81. The van der Waals surface area contributed by atoms with Gasteiger partial charge in [-0.2, -0.15) is 0 Å². The lowest BCUT2D eigenvalue weighted by molar-refractivity contribution is 0.0998. The molecule has 2 aromatic rings. The van der Waals surface area contributed by atoms with Crippen LogP contribution in [0.15, 0.2) is 36.5 Å². The van der Waals surface area contributed by atoms with Crippen molar-refractivity contribution >= 4 is 0 Å². The molecule has 1 aliphatic rings. The van der Waals surface area contributed by atoms with E-state index >= 15 is 0 Å². The van der Waals surface area contributed by atoms with Gasteiger partial charge in [-0.15, -0.1) is 5.10 Å². The largest absolute Gasteiger partial charge is 0.392 e. The molecule has 1 aromatic carbocycles. The first kappa shape index (κ1) is 17.1. The normalized spacial score (nSPS) is 17.9. The van der Waals surface area contributed by atoms with Gasteiger partial charge in [0.05, 0.1) is 23.7 Å². The van der Waals surface area contributed by atoms with Crippen LogP contribution in [0.5, 0.6) is 0 Å². The first-order chi connectivity index (χ1) is 11.7. The van der Waals surface area contributed by atoms with Crippen LogP contribution in [-0.2, 0) is 6.54 Å². The van der Waals surface area contributed by atoms with Gasteiger partial charge in [-0.1, -0.05) is 23.4 Å². The van der Waals surface area contributed by atoms with E-state index in [1.807, 2.05) is 48.1 Å². The number of para-hydroxylation sites is 1. The molecule has 1 saturated heterocycles. The Balaban J connectivity index is 1.39. The Labute approximate surface area is 143 Å². The van der Waals surface area contributed by atoms with Gasteiger partial charge >= 0.3 is 0 Å². The Morgan fingerprint density at radius 1 is 1.25 bits per heavy atom. The summed E-state index contributed by atoms with van der Waals surface area (Å²) >= 11 is 0. The number of likely N-dealkylation sites (tertiary alicyclic amines) is 1. The van der Waals surface area contributed by atoms with Gasteiger partial charge in [0.1, 0.15) is 0 Å². The Kier molecular flexibility index (Phi) is 5.96. The summed E-state index contributed by atoms with van der Waals surface area (Å²) in [5, 5.41) is 21.4. The van der Waals surface area contributed by atoms with Gasteiger partial charge in [0, 0.05) is 13.1 Å². The Hall–Kier alpha value is -1.76. The zero-order chi connectivity index (χ0) is 16.8. The van der Waals surface area contributed by atoms with E-state index in [9.17, 15) is 5.11 Å². The third kappa shape index (κ3) is 4.87. The number of aliphatic hydroxyl groups is 1. The van der Waals surface area contributed by atoms with Crippen molar-refractivity contribution in [2.45, 2.75) is 32.4 Å². The molecule has 1 fully saturated rings. The average molecular weight is 329 g/mol. The molecule has 2 heterocycles. The molecule has 1 aliphatic heterocycles. The molecule has 0 aliphatic carbocycles. The zero-order valence-electron chi connectivity index (χ0n) is 14.3. The van der Waals surface area contributed by atoms with Crippen LogP contribution in [0, 0.1) is 5.92 Å². The molecule has 130 valence electrons. The predicted molar refractivity (Wildman–Crippen MR) is 93.9 cm³/mol. The van der Waals surface area contributed by atoms with E-state index in [0.717, 1.165) is 44.1 Å².